The maximum absolute atomic E-state index is 13.5. The molecule has 2 aliphatic rings. The van der Waals surface area contributed by atoms with Crippen molar-refractivity contribution in [1.82, 2.24) is 9.88 Å². The number of nitrogens with zero attached hydrogens (tertiary/aromatic N) is 2. The lowest BCUT2D eigenvalue weighted by molar-refractivity contribution is -0.119. The van der Waals surface area contributed by atoms with E-state index >= 15 is 0 Å². The van der Waals surface area contributed by atoms with Gasteiger partial charge in [0.15, 0.2) is 18.1 Å². The fourth-order valence-corrected chi connectivity index (χ4v) is 4.98. The van der Waals surface area contributed by atoms with E-state index in [4.69, 9.17) is 19.2 Å². The number of rotatable bonds is 6. The highest BCUT2D eigenvalue weighted by Gasteiger charge is 2.27. The van der Waals surface area contributed by atoms with Crippen LogP contribution in [-0.2, 0) is 29.0 Å². The average Bonchev–Trinajstić information content (AvgIpc) is 2.95. The summed E-state index contributed by atoms with van der Waals surface area (Å²) in [5.74, 6) is 0.240. The van der Waals surface area contributed by atoms with E-state index in [1.54, 1.807) is 18.2 Å². The third kappa shape index (κ3) is 5.03. The van der Waals surface area contributed by atoms with E-state index in [0.29, 0.717) is 42.5 Å². The Hall–Kier alpha value is -4.43. The average molecular weight is 510 g/mol. The smallest absolute Gasteiger partial charge is 0.339 e. The van der Waals surface area contributed by atoms with Crippen LogP contribution in [0.15, 0.2) is 72.8 Å². The minimum atomic E-state index is -0.529. The molecule has 0 saturated heterocycles. The highest BCUT2D eigenvalue weighted by atomic mass is 16.6. The normalized spacial score (nSPS) is 14.5. The molecule has 38 heavy (non-hydrogen) atoms. The van der Waals surface area contributed by atoms with Crippen molar-refractivity contribution in [3.05, 3.63) is 95.2 Å². The van der Waals surface area contributed by atoms with Crippen molar-refractivity contribution in [1.29, 1.82) is 0 Å². The number of carbonyl (C=O) groups is 2. The second-order valence-electron chi connectivity index (χ2n) is 9.36. The molecule has 0 fully saturated rings. The molecule has 3 aromatic carbocycles. The maximum Gasteiger partial charge on any atom is 0.339 e. The van der Waals surface area contributed by atoms with Crippen LogP contribution in [0, 0.1) is 0 Å². The van der Waals surface area contributed by atoms with Crippen LogP contribution >= 0.6 is 0 Å². The first kappa shape index (κ1) is 23.9. The van der Waals surface area contributed by atoms with E-state index < -0.39 is 18.5 Å². The van der Waals surface area contributed by atoms with Gasteiger partial charge in [0.25, 0.3) is 5.91 Å². The van der Waals surface area contributed by atoms with Crippen molar-refractivity contribution in [2.75, 3.05) is 31.7 Å². The zero-order chi connectivity index (χ0) is 25.9. The van der Waals surface area contributed by atoms with Crippen LogP contribution in [-0.4, -0.2) is 48.1 Å². The number of benzene rings is 3. The lowest BCUT2D eigenvalue weighted by Gasteiger charge is -2.30. The molecule has 0 atom stereocenters. The second-order valence-corrected chi connectivity index (χ2v) is 9.36. The van der Waals surface area contributed by atoms with E-state index in [9.17, 15) is 9.59 Å². The van der Waals surface area contributed by atoms with Crippen LogP contribution in [0.5, 0.6) is 11.5 Å². The van der Waals surface area contributed by atoms with Crippen LogP contribution in [0.4, 0.5) is 5.69 Å². The zero-order valence-electron chi connectivity index (χ0n) is 20.8. The van der Waals surface area contributed by atoms with Crippen molar-refractivity contribution in [2.45, 2.75) is 19.5 Å². The summed E-state index contributed by atoms with van der Waals surface area (Å²) in [5.41, 5.74) is 4.75. The highest BCUT2D eigenvalue weighted by Crippen LogP contribution is 2.33. The molecule has 0 spiro atoms. The minimum absolute atomic E-state index is 0.410. The molecule has 6 rings (SSSR count). The number of pyridine rings is 1. The molecule has 8 nitrogen and oxygen atoms in total. The molecule has 0 aliphatic carbocycles. The molecule has 0 unspecified atom stereocenters. The molecule has 0 saturated carbocycles. The predicted molar refractivity (Wildman–Crippen MR) is 142 cm³/mol. The highest BCUT2D eigenvalue weighted by molar-refractivity contribution is 6.06. The van der Waals surface area contributed by atoms with Gasteiger partial charge in [-0.05, 0) is 23.8 Å². The Bertz CT molecular complexity index is 1510. The minimum Gasteiger partial charge on any atom is -0.486 e. The van der Waals surface area contributed by atoms with Crippen molar-refractivity contribution in [3.63, 3.8) is 0 Å². The van der Waals surface area contributed by atoms with Gasteiger partial charge in [0.05, 0.1) is 11.1 Å². The summed E-state index contributed by atoms with van der Waals surface area (Å²) < 4.78 is 16.6. The number of carbonyl (C=O) groups excluding carboxylic acids is 2. The predicted octanol–water partition coefficient (Wildman–Crippen LogP) is 4.36. The van der Waals surface area contributed by atoms with Crippen LogP contribution in [0.1, 0.15) is 27.2 Å². The summed E-state index contributed by atoms with van der Waals surface area (Å²) in [7, 11) is 0. The van der Waals surface area contributed by atoms with Gasteiger partial charge in [-0.25, -0.2) is 4.79 Å². The zero-order valence-corrected chi connectivity index (χ0v) is 20.8. The van der Waals surface area contributed by atoms with Crippen LogP contribution in [0.25, 0.3) is 10.9 Å². The number of ether oxygens (including phenoxy) is 3. The number of hydrogen-bond acceptors (Lipinski definition) is 7. The van der Waals surface area contributed by atoms with E-state index in [1.807, 2.05) is 42.5 Å². The fourth-order valence-electron chi connectivity index (χ4n) is 4.98. The summed E-state index contributed by atoms with van der Waals surface area (Å²) in [6, 6.07) is 23.0. The van der Waals surface area contributed by atoms with Crippen molar-refractivity contribution in [3.8, 4) is 11.5 Å². The SMILES string of the molecule is O=C(COC(=O)c1c2c(nc3ccccc13)CCN(Cc1ccccc1)C2)Nc1ccc2c(c1)OCCO2. The first-order valence-electron chi connectivity index (χ1n) is 12.7. The summed E-state index contributed by atoms with van der Waals surface area (Å²) in [5, 5.41) is 3.49. The number of aromatic nitrogens is 1. The Balaban J connectivity index is 1.20. The van der Waals surface area contributed by atoms with Gasteiger partial charge >= 0.3 is 5.97 Å². The third-order valence-corrected chi connectivity index (χ3v) is 6.74. The molecule has 2 aliphatic heterocycles. The molecule has 4 aromatic rings. The van der Waals surface area contributed by atoms with E-state index in [2.05, 4.69) is 22.3 Å². The Morgan fingerprint density at radius 2 is 1.74 bits per heavy atom. The molecule has 8 heteroatoms. The van der Waals surface area contributed by atoms with E-state index in [0.717, 1.165) is 41.7 Å². The van der Waals surface area contributed by atoms with Gasteiger partial charge in [0.2, 0.25) is 0 Å². The quantitative estimate of drug-likeness (QED) is 0.386. The van der Waals surface area contributed by atoms with Gasteiger partial charge in [-0.2, -0.15) is 0 Å². The van der Waals surface area contributed by atoms with Gasteiger partial charge in [0, 0.05) is 54.5 Å². The molecule has 1 aromatic heterocycles. The number of hydrogen-bond donors (Lipinski definition) is 1. The molecular weight excluding hydrogens is 482 g/mol. The topological polar surface area (TPSA) is 90.0 Å². The van der Waals surface area contributed by atoms with Gasteiger partial charge in [0.1, 0.15) is 13.2 Å². The Kier molecular flexibility index (Phi) is 6.62. The number of para-hydroxylation sites is 1. The summed E-state index contributed by atoms with van der Waals surface area (Å²) in [6.07, 6.45) is 0.734. The summed E-state index contributed by atoms with van der Waals surface area (Å²) in [4.78, 5) is 33.3. The lowest BCUT2D eigenvalue weighted by atomic mass is 9.95. The number of anilines is 1. The summed E-state index contributed by atoms with van der Waals surface area (Å²) in [6.45, 7) is 2.74. The Morgan fingerprint density at radius 3 is 2.61 bits per heavy atom. The van der Waals surface area contributed by atoms with Gasteiger partial charge in [-0.1, -0.05) is 48.5 Å². The molecule has 0 bridgehead atoms. The first-order valence-corrected chi connectivity index (χ1v) is 12.7. The largest absolute Gasteiger partial charge is 0.486 e. The Labute approximate surface area is 220 Å². The van der Waals surface area contributed by atoms with Crippen molar-refractivity contribution in [2.24, 2.45) is 0 Å². The van der Waals surface area contributed by atoms with Crippen molar-refractivity contribution >= 4 is 28.5 Å². The number of fused-ring (bicyclic) bond motifs is 3. The molecular formula is C30H27N3O5. The molecule has 1 amide bonds. The number of amides is 1. The van der Waals surface area contributed by atoms with Crippen LogP contribution in [0.3, 0.4) is 0 Å². The standard InChI is InChI=1S/C30H27N3O5/c34-28(31-21-10-11-26-27(16-21)37-15-14-36-26)19-38-30(35)29-22-8-4-5-9-24(22)32-25-12-13-33(18-23(25)29)17-20-6-2-1-3-7-20/h1-11,16H,12-15,17-19H2,(H,31,34). The molecule has 1 N–H and O–H groups in total. The number of esters is 1. The third-order valence-electron chi connectivity index (χ3n) is 6.74. The number of nitrogens with one attached hydrogen (secondary N) is 1. The lowest BCUT2D eigenvalue weighted by Crippen LogP contribution is -2.32. The van der Waals surface area contributed by atoms with Crippen LogP contribution < -0.4 is 14.8 Å². The monoisotopic (exact) mass is 509 g/mol. The molecule has 3 heterocycles. The van der Waals surface area contributed by atoms with Gasteiger partial charge < -0.3 is 19.5 Å². The first-order chi connectivity index (χ1) is 18.6. The molecule has 192 valence electrons. The maximum atomic E-state index is 13.5. The van der Waals surface area contributed by atoms with E-state index in [1.165, 1.54) is 5.56 Å². The molecule has 0 radical (unpaired) electrons. The van der Waals surface area contributed by atoms with Crippen molar-refractivity contribution < 1.29 is 23.8 Å². The van der Waals surface area contributed by atoms with Gasteiger partial charge in [-0.15, -0.1) is 0 Å². The second kappa shape index (κ2) is 10.5. The van der Waals surface area contributed by atoms with Gasteiger partial charge in [-0.3, -0.25) is 14.7 Å². The fraction of sp³-hybridized carbons (Fsp3) is 0.233. The summed E-state index contributed by atoms with van der Waals surface area (Å²) >= 11 is 0. The van der Waals surface area contributed by atoms with E-state index in [-0.39, 0.29) is 0 Å². The Morgan fingerprint density at radius 1 is 0.947 bits per heavy atom. The van der Waals surface area contributed by atoms with Crippen LogP contribution in [0.2, 0.25) is 0 Å².